The lowest BCUT2D eigenvalue weighted by atomic mass is 9.96. The number of ether oxygens (including phenoxy) is 1. The molecule has 0 saturated heterocycles. The molecule has 1 aromatic rings. The lowest BCUT2D eigenvalue weighted by Gasteiger charge is -2.19. The molecule has 1 aliphatic rings. The van der Waals surface area contributed by atoms with Gasteiger partial charge in [-0.3, -0.25) is 4.99 Å². The monoisotopic (exact) mass is 309 g/mol. The third kappa shape index (κ3) is 4.61. The molecule has 116 valence electrons. The smallest absolute Gasteiger partial charge is 0.191 e. The average Bonchev–Trinajstić information content (AvgIpc) is 3.28. The number of aliphatic imine (C=N–C) groups is 1. The summed E-state index contributed by atoms with van der Waals surface area (Å²) in [5.41, 5.74) is 1.59. The molecule has 0 spiro atoms. The second kappa shape index (κ2) is 7.66. The fourth-order valence-corrected chi connectivity index (χ4v) is 2.51. The van der Waals surface area contributed by atoms with Gasteiger partial charge in [-0.25, -0.2) is 0 Å². The fourth-order valence-electron chi connectivity index (χ4n) is 2.38. The van der Waals surface area contributed by atoms with E-state index in [1.807, 2.05) is 19.1 Å². The highest BCUT2D eigenvalue weighted by molar-refractivity contribution is 6.30. The first-order valence-electron chi connectivity index (χ1n) is 7.48. The number of nitrogens with one attached hydrogen (secondary N) is 2. The van der Waals surface area contributed by atoms with Crippen molar-refractivity contribution in [2.45, 2.75) is 25.2 Å². The zero-order valence-electron chi connectivity index (χ0n) is 12.8. The van der Waals surface area contributed by atoms with Gasteiger partial charge < -0.3 is 15.4 Å². The summed E-state index contributed by atoms with van der Waals surface area (Å²) in [5.74, 6) is 0.829. The zero-order chi connectivity index (χ0) is 15.1. The lowest BCUT2D eigenvalue weighted by Crippen LogP contribution is -2.42. The largest absolute Gasteiger partial charge is 0.380 e. The average molecular weight is 310 g/mol. The van der Waals surface area contributed by atoms with Crippen LogP contribution in [0.15, 0.2) is 29.3 Å². The summed E-state index contributed by atoms with van der Waals surface area (Å²) >= 11 is 5.96. The summed E-state index contributed by atoms with van der Waals surface area (Å²) in [7, 11) is 1.79. The van der Waals surface area contributed by atoms with Crippen LogP contribution in [0.4, 0.5) is 0 Å². The van der Waals surface area contributed by atoms with E-state index in [9.17, 15) is 0 Å². The van der Waals surface area contributed by atoms with Gasteiger partial charge in [-0.1, -0.05) is 23.7 Å². The minimum absolute atomic E-state index is 0.238. The van der Waals surface area contributed by atoms with Crippen LogP contribution in [-0.2, 0) is 10.2 Å². The molecule has 1 aromatic carbocycles. The first kappa shape index (κ1) is 16.1. The summed E-state index contributed by atoms with van der Waals surface area (Å²) in [4.78, 5) is 4.24. The molecule has 0 heterocycles. The molecule has 0 atom stereocenters. The highest BCUT2D eigenvalue weighted by atomic mass is 35.5. The predicted octanol–water partition coefficient (Wildman–Crippen LogP) is 2.57. The van der Waals surface area contributed by atoms with E-state index in [0.29, 0.717) is 6.61 Å². The molecule has 4 nitrogen and oxygen atoms in total. The van der Waals surface area contributed by atoms with Crippen LogP contribution in [0.25, 0.3) is 0 Å². The van der Waals surface area contributed by atoms with Gasteiger partial charge in [-0.15, -0.1) is 0 Å². The van der Waals surface area contributed by atoms with Gasteiger partial charge in [0, 0.05) is 37.2 Å². The third-order valence-electron chi connectivity index (χ3n) is 3.87. The maximum absolute atomic E-state index is 5.96. The molecule has 1 fully saturated rings. The highest BCUT2D eigenvalue weighted by Gasteiger charge is 2.44. The van der Waals surface area contributed by atoms with E-state index in [2.05, 4.69) is 27.8 Å². The van der Waals surface area contributed by atoms with E-state index in [0.717, 1.165) is 30.7 Å². The first-order chi connectivity index (χ1) is 10.2. The Morgan fingerprint density at radius 2 is 2.00 bits per heavy atom. The summed E-state index contributed by atoms with van der Waals surface area (Å²) in [6.07, 6.45) is 2.41. The summed E-state index contributed by atoms with van der Waals surface area (Å²) in [6, 6.07) is 8.18. The van der Waals surface area contributed by atoms with E-state index in [1.54, 1.807) is 7.05 Å². The molecule has 1 saturated carbocycles. The van der Waals surface area contributed by atoms with E-state index in [1.165, 1.54) is 18.4 Å². The van der Waals surface area contributed by atoms with Gasteiger partial charge in [0.15, 0.2) is 5.96 Å². The summed E-state index contributed by atoms with van der Waals surface area (Å²) < 4.78 is 5.31. The van der Waals surface area contributed by atoms with Gasteiger partial charge in [0.05, 0.1) is 6.61 Å². The normalized spacial score (nSPS) is 16.6. The molecule has 21 heavy (non-hydrogen) atoms. The number of hydrogen-bond donors (Lipinski definition) is 2. The SMILES string of the molecule is CCOCCNC(=NC)NCC1(c2ccc(Cl)cc2)CC1. The number of benzene rings is 1. The van der Waals surface area contributed by atoms with Crippen LogP contribution in [0.1, 0.15) is 25.3 Å². The van der Waals surface area contributed by atoms with Crippen LogP contribution in [0.5, 0.6) is 0 Å². The molecule has 2 N–H and O–H groups in total. The Kier molecular flexibility index (Phi) is 5.88. The molecule has 0 bridgehead atoms. The van der Waals surface area contributed by atoms with Crippen LogP contribution < -0.4 is 10.6 Å². The van der Waals surface area contributed by atoms with Crippen LogP contribution >= 0.6 is 11.6 Å². The van der Waals surface area contributed by atoms with E-state index in [-0.39, 0.29) is 5.41 Å². The van der Waals surface area contributed by atoms with Crippen molar-refractivity contribution in [1.29, 1.82) is 0 Å². The maximum Gasteiger partial charge on any atom is 0.191 e. The quantitative estimate of drug-likeness (QED) is 0.462. The van der Waals surface area contributed by atoms with Crippen LogP contribution in [0, 0.1) is 0 Å². The Bertz CT molecular complexity index is 469. The van der Waals surface area contributed by atoms with Crippen LogP contribution in [0.3, 0.4) is 0 Å². The van der Waals surface area contributed by atoms with Crippen molar-refractivity contribution in [2.24, 2.45) is 4.99 Å². The molecular formula is C16H24ClN3O. The van der Waals surface area contributed by atoms with Crippen LogP contribution in [0.2, 0.25) is 5.02 Å². The molecule has 0 radical (unpaired) electrons. The minimum atomic E-state index is 0.238. The van der Waals surface area contributed by atoms with Crippen molar-refractivity contribution in [3.05, 3.63) is 34.9 Å². The molecule has 5 heteroatoms. The van der Waals surface area contributed by atoms with Crippen molar-refractivity contribution in [2.75, 3.05) is 33.4 Å². The Morgan fingerprint density at radius 1 is 1.29 bits per heavy atom. The molecule has 1 aliphatic carbocycles. The van der Waals surface area contributed by atoms with Crippen LogP contribution in [-0.4, -0.2) is 39.3 Å². The van der Waals surface area contributed by atoms with Gasteiger partial charge in [-0.05, 0) is 37.5 Å². The number of guanidine groups is 1. The van der Waals surface area contributed by atoms with Gasteiger partial charge >= 0.3 is 0 Å². The van der Waals surface area contributed by atoms with Crippen molar-refractivity contribution in [3.63, 3.8) is 0 Å². The predicted molar refractivity (Wildman–Crippen MR) is 88.2 cm³/mol. The van der Waals surface area contributed by atoms with E-state index >= 15 is 0 Å². The standard InChI is InChI=1S/C16H24ClN3O/c1-3-21-11-10-19-15(18-2)20-12-16(8-9-16)13-4-6-14(17)7-5-13/h4-7H,3,8-12H2,1-2H3,(H2,18,19,20). The molecule has 0 unspecified atom stereocenters. The Balaban J connectivity index is 1.82. The Hall–Kier alpha value is -1.26. The van der Waals surface area contributed by atoms with Gasteiger partial charge in [0.1, 0.15) is 0 Å². The van der Waals surface area contributed by atoms with Gasteiger partial charge in [0.2, 0.25) is 0 Å². The number of hydrogen-bond acceptors (Lipinski definition) is 2. The number of halogens is 1. The molecule has 0 aromatic heterocycles. The third-order valence-corrected chi connectivity index (χ3v) is 4.12. The van der Waals surface area contributed by atoms with Crippen molar-refractivity contribution >= 4 is 17.6 Å². The minimum Gasteiger partial charge on any atom is -0.380 e. The Labute approximate surface area is 131 Å². The lowest BCUT2D eigenvalue weighted by molar-refractivity contribution is 0.152. The number of nitrogens with zero attached hydrogens (tertiary/aromatic N) is 1. The Morgan fingerprint density at radius 3 is 2.57 bits per heavy atom. The topological polar surface area (TPSA) is 45.6 Å². The molecule has 2 rings (SSSR count). The fraction of sp³-hybridized carbons (Fsp3) is 0.562. The molecule has 0 amide bonds. The zero-order valence-corrected chi connectivity index (χ0v) is 13.5. The van der Waals surface area contributed by atoms with Gasteiger partial charge in [0.25, 0.3) is 0 Å². The summed E-state index contributed by atoms with van der Waals surface area (Å²) in [5, 5.41) is 7.46. The first-order valence-corrected chi connectivity index (χ1v) is 7.86. The van der Waals surface area contributed by atoms with Crippen molar-refractivity contribution in [1.82, 2.24) is 10.6 Å². The maximum atomic E-state index is 5.96. The second-order valence-electron chi connectivity index (χ2n) is 5.34. The second-order valence-corrected chi connectivity index (χ2v) is 5.77. The molecule has 0 aliphatic heterocycles. The van der Waals surface area contributed by atoms with Crippen molar-refractivity contribution < 1.29 is 4.74 Å². The van der Waals surface area contributed by atoms with Crippen molar-refractivity contribution in [3.8, 4) is 0 Å². The molecular weight excluding hydrogens is 286 g/mol. The van der Waals surface area contributed by atoms with E-state index < -0.39 is 0 Å². The van der Waals surface area contributed by atoms with E-state index in [4.69, 9.17) is 16.3 Å². The highest BCUT2D eigenvalue weighted by Crippen LogP contribution is 2.47. The van der Waals surface area contributed by atoms with Gasteiger partial charge in [-0.2, -0.15) is 0 Å². The summed E-state index contributed by atoms with van der Waals surface area (Å²) in [6.45, 7) is 5.09. The number of rotatable bonds is 7.